The number of carbonyl (C=O) groups excluding carboxylic acids is 1. The Hall–Kier alpha value is -0.410. The van der Waals surface area contributed by atoms with Gasteiger partial charge in [-0.05, 0) is 25.9 Å². The Bertz CT molecular complexity index is 187. The van der Waals surface area contributed by atoms with E-state index in [9.17, 15) is 4.79 Å². The summed E-state index contributed by atoms with van der Waals surface area (Å²) in [5.74, 6) is 0.418. The van der Waals surface area contributed by atoms with E-state index in [0.717, 1.165) is 26.1 Å². The molecular weight excluding hydrogens is 164 g/mol. The molecule has 3 heteroatoms. The molecule has 13 heavy (non-hydrogen) atoms. The van der Waals surface area contributed by atoms with Crippen molar-refractivity contribution in [2.24, 2.45) is 0 Å². The van der Waals surface area contributed by atoms with Crippen molar-refractivity contribution in [3.8, 4) is 0 Å². The van der Waals surface area contributed by atoms with Crippen LogP contribution in [0.2, 0.25) is 0 Å². The maximum atomic E-state index is 11.0. The van der Waals surface area contributed by atoms with E-state index in [1.807, 2.05) is 0 Å². The number of hydrogen-bond acceptors (Lipinski definition) is 3. The Morgan fingerprint density at radius 3 is 2.31 bits per heavy atom. The molecule has 0 aromatic rings. The lowest BCUT2D eigenvalue weighted by Crippen LogP contribution is -2.32. The lowest BCUT2D eigenvalue weighted by molar-refractivity contribution is -0.116. The zero-order chi connectivity index (χ0) is 9.10. The molecule has 2 heterocycles. The zero-order valence-electron chi connectivity index (χ0n) is 8.17. The lowest BCUT2D eigenvalue weighted by Gasteiger charge is -2.19. The number of likely N-dealkylation sites (tertiary alicyclic amines) is 2. The highest BCUT2D eigenvalue weighted by molar-refractivity contribution is 5.82. The van der Waals surface area contributed by atoms with Crippen molar-refractivity contribution in [2.75, 3.05) is 39.3 Å². The molecule has 74 valence electrons. The third-order valence-electron chi connectivity index (χ3n) is 3.04. The fraction of sp³-hybridized carbons (Fsp3) is 0.900. The first-order valence-corrected chi connectivity index (χ1v) is 5.31. The smallest absolute Gasteiger partial charge is 0.148 e. The number of rotatable bonds is 3. The molecule has 0 N–H and O–H groups in total. The van der Waals surface area contributed by atoms with Crippen molar-refractivity contribution >= 4 is 5.78 Å². The SMILES string of the molecule is O=C1CCN(CCN2CCCC2)C1. The minimum absolute atomic E-state index is 0.418. The second-order valence-electron chi connectivity index (χ2n) is 4.11. The monoisotopic (exact) mass is 182 g/mol. The van der Waals surface area contributed by atoms with Crippen molar-refractivity contribution in [1.82, 2.24) is 9.80 Å². The summed E-state index contributed by atoms with van der Waals surface area (Å²) in [7, 11) is 0. The largest absolute Gasteiger partial charge is 0.302 e. The predicted octanol–water partition coefficient (Wildman–Crippen LogP) is 0.357. The summed E-state index contributed by atoms with van der Waals surface area (Å²) in [5.41, 5.74) is 0. The average molecular weight is 182 g/mol. The van der Waals surface area contributed by atoms with Crippen molar-refractivity contribution in [1.29, 1.82) is 0 Å². The van der Waals surface area contributed by atoms with Gasteiger partial charge in [-0.2, -0.15) is 0 Å². The van der Waals surface area contributed by atoms with Gasteiger partial charge < -0.3 is 4.90 Å². The summed E-state index contributed by atoms with van der Waals surface area (Å²) in [4.78, 5) is 15.8. The molecule has 3 nitrogen and oxygen atoms in total. The maximum absolute atomic E-state index is 11.0. The van der Waals surface area contributed by atoms with E-state index in [1.54, 1.807) is 0 Å². The maximum Gasteiger partial charge on any atom is 0.148 e. The van der Waals surface area contributed by atoms with Crippen LogP contribution in [0, 0.1) is 0 Å². The Morgan fingerprint density at radius 1 is 1.00 bits per heavy atom. The standard InChI is InChI=1S/C10H18N2O/c13-10-3-6-12(9-10)8-7-11-4-1-2-5-11/h1-9H2. The molecule has 0 unspecified atom stereocenters. The van der Waals surface area contributed by atoms with Crippen LogP contribution >= 0.6 is 0 Å². The third kappa shape index (κ3) is 2.51. The number of carbonyl (C=O) groups is 1. The van der Waals surface area contributed by atoms with Crippen LogP contribution in [0.3, 0.4) is 0 Å². The van der Waals surface area contributed by atoms with Crippen LogP contribution in [-0.2, 0) is 4.79 Å². The van der Waals surface area contributed by atoms with E-state index in [4.69, 9.17) is 0 Å². The number of nitrogens with zero attached hydrogens (tertiary/aromatic N) is 2. The van der Waals surface area contributed by atoms with E-state index in [0.29, 0.717) is 12.3 Å². The van der Waals surface area contributed by atoms with Crippen LogP contribution in [0.5, 0.6) is 0 Å². The van der Waals surface area contributed by atoms with Crippen LogP contribution in [0.25, 0.3) is 0 Å². The highest BCUT2D eigenvalue weighted by Gasteiger charge is 2.20. The molecule has 2 rings (SSSR count). The quantitative estimate of drug-likeness (QED) is 0.629. The van der Waals surface area contributed by atoms with Gasteiger partial charge in [0.25, 0.3) is 0 Å². The number of hydrogen-bond donors (Lipinski definition) is 0. The number of ketones is 1. The topological polar surface area (TPSA) is 23.6 Å². The van der Waals surface area contributed by atoms with E-state index < -0.39 is 0 Å². The van der Waals surface area contributed by atoms with Crippen LogP contribution < -0.4 is 0 Å². The Kier molecular flexibility index (Phi) is 2.96. The van der Waals surface area contributed by atoms with Gasteiger partial charge in [0.15, 0.2) is 0 Å². The molecule has 0 radical (unpaired) electrons. The molecule has 2 saturated heterocycles. The molecule has 2 aliphatic rings. The van der Waals surface area contributed by atoms with Crippen LogP contribution in [-0.4, -0.2) is 54.9 Å². The molecule has 0 atom stereocenters. The first-order chi connectivity index (χ1) is 6.34. The molecule has 0 bridgehead atoms. The Balaban J connectivity index is 1.64. The van der Waals surface area contributed by atoms with Gasteiger partial charge in [-0.1, -0.05) is 0 Å². The normalized spacial score (nSPS) is 26.0. The summed E-state index contributed by atoms with van der Waals surface area (Å²) < 4.78 is 0. The third-order valence-corrected chi connectivity index (χ3v) is 3.04. The molecule has 0 aliphatic carbocycles. The molecular formula is C10H18N2O. The van der Waals surface area contributed by atoms with Crippen LogP contribution in [0.15, 0.2) is 0 Å². The van der Waals surface area contributed by atoms with E-state index in [2.05, 4.69) is 9.80 Å². The van der Waals surface area contributed by atoms with E-state index >= 15 is 0 Å². The van der Waals surface area contributed by atoms with Gasteiger partial charge >= 0.3 is 0 Å². The Morgan fingerprint density at radius 2 is 1.69 bits per heavy atom. The van der Waals surface area contributed by atoms with Crippen molar-refractivity contribution in [2.45, 2.75) is 19.3 Å². The summed E-state index contributed by atoms with van der Waals surface area (Å²) in [6, 6.07) is 0. The van der Waals surface area contributed by atoms with Gasteiger partial charge in [-0.3, -0.25) is 9.69 Å². The first-order valence-electron chi connectivity index (χ1n) is 5.31. The minimum Gasteiger partial charge on any atom is -0.302 e. The summed E-state index contributed by atoms with van der Waals surface area (Å²) >= 11 is 0. The van der Waals surface area contributed by atoms with Crippen molar-refractivity contribution in [3.63, 3.8) is 0 Å². The van der Waals surface area contributed by atoms with Crippen molar-refractivity contribution in [3.05, 3.63) is 0 Å². The fourth-order valence-electron chi connectivity index (χ4n) is 2.17. The predicted molar refractivity (Wildman–Crippen MR) is 51.7 cm³/mol. The zero-order valence-corrected chi connectivity index (χ0v) is 8.17. The molecule has 0 aromatic heterocycles. The van der Waals surface area contributed by atoms with Crippen LogP contribution in [0.4, 0.5) is 0 Å². The van der Waals surface area contributed by atoms with Crippen LogP contribution in [0.1, 0.15) is 19.3 Å². The lowest BCUT2D eigenvalue weighted by atomic mass is 10.4. The molecule has 0 aromatic carbocycles. The minimum atomic E-state index is 0.418. The van der Waals surface area contributed by atoms with Gasteiger partial charge in [-0.15, -0.1) is 0 Å². The van der Waals surface area contributed by atoms with Crippen molar-refractivity contribution < 1.29 is 4.79 Å². The van der Waals surface area contributed by atoms with Gasteiger partial charge in [0.2, 0.25) is 0 Å². The molecule has 2 aliphatic heterocycles. The van der Waals surface area contributed by atoms with E-state index in [1.165, 1.54) is 25.9 Å². The Labute approximate surface area is 79.7 Å². The van der Waals surface area contributed by atoms with Gasteiger partial charge in [0, 0.05) is 26.1 Å². The molecule has 2 fully saturated rings. The van der Waals surface area contributed by atoms with Gasteiger partial charge in [-0.25, -0.2) is 0 Å². The molecule has 0 saturated carbocycles. The molecule has 0 amide bonds. The first kappa shape index (κ1) is 9.16. The van der Waals surface area contributed by atoms with Gasteiger partial charge in [0.05, 0.1) is 6.54 Å². The summed E-state index contributed by atoms with van der Waals surface area (Å²) in [6.07, 6.45) is 3.50. The van der Waals surface area contributed by atoms with E-state index in [-0.39, 0.29) is 0 Å². The summed E-state index contributed by atoms with van der Waals surface area (Å²) in [6.45, 7) is 6.48. The fourth-order valence-corrected chi connectivity index (χ4v) is 2.17. The highest BCUT2D eigenvalue weighted by atomic mass is 16.1. The molecule has 0 spiro atoms. The summed E-state index contributed by atoms with van der Waals surface area (Å²) in [5, 5.41) is 0. The average Bonchev–Trinajstić information content (AvgIpc) is 2.71. The number of Topliss-reactive ketones (excluding diaryl/α,β-unsaturated/α-hetero) is 1. The highest BCUT2D eigenvalue weighted by Crippen LogP contribution is 2.08. The van der Waals surface area contributed by atoms with Gasteiger partial charge in [0.1, 0.15) is 5.78 Å². The second kappa shape index (κ2) is 4.20. The second-order valence-corrected chi connectivity index (χ2v) is 4.11.